The molecule has 0 saturated carbocycles. The van der Waals surface area contributed by atoms with E-state index in [1.54, 1.807) is 44.5 Å². The molecule has 0 saturated heterocycles. The predicted molar refractivity (Wildman–Crippen MR) is 107 cm³/mol. The Labute approximate surface area is 193 Å². The molecule has 0 amide bonds. The molecule has 1 heterocycles. The van der Waals surface area contributed by atoms with Gasteiger partial charge in [0.1, 0.15) is 0 Å². The van der Waals surface area contributed by atoms with Crippen LogP contribution in [-0.2, 0) is 23.2 Å². The number of hydrogen-bond donors (Lipinski definition) is 0. The summed E-state index contributed by atoms with van der Waals surface area (Å²) in [5.74, 6) is 0. The van der Waals surface area contributed by atoms with Crippen molar-refractivity contribution in [3.05, 3.63) is 79.9 Å². The van der Waals surface area contributed by atoms with Crippen molar-refractivity contribution in [2.24, 2.45) is 0 Å². The van der Waals surface area contributed by atoms with Crippen LogP contribution in [-0.4, -0.2) is 0 Å². The molecule has 2 aromatic carbocycles. The standard InChI is InChI=1S/C25H26.2ClH.Zr/c1-14-7-9-16(3)24-20(14)11-18(5)22(24)13-23-19(6)12-21-15(2)8-10-17(4)25(21)23;;;/h7-12H,13H2,1-6H3;2*1H;/q;;;+2/p-2. The Hall–Kier alpha value is -0.617. The molecule has 144 valence electrons. The Morgan fingerprint density at radius 2 is 0.964 bits per heavy atom. The van der Waals surface area contributed by atoms with Crippen molar-refractivity contribution in [2.75, 3.05) is 0 Å². The predicted octanol–water partition coefficient (Wildman–Crippen LogP) is 0.771. The van der Waals surface area contributed by atoms with Gasteiger partial charge < -0.3 is 24.8 Å². The number of halogens is 2. The van der Waals surface area contributed by atoms with E-state index >= 15 is 0 Å². The molecule has 1 aliphatic heterocycles. The fourth-order valence-corrected chi connectivity index (χ4v) is 11.2. The summed E-state index contributed by atoms with van der Waals surface area (Å²) in [5, 5.41) is 0. The SMILES string of the molecule is CC1=C2CC3=C(C)[CH]([Zr+2][CH]1c1c(C)ccc(C)c12)c1c(C)ccc(C)c13.[Cl-].[Cl-]. The molecule has 0 spiro atoms. The molecule has 0 aromatic heterocycles. The van der Waals surface area contributed by atoms with Crippen molar-refractivity contribution < 1.29 is 48.0 Å². The number of hydrogen-bond acceptors (Lipinski definition) is 0. The molecule has 2 atom stereocenters. The fraction of sp³-hybridized carbons (Fsp3) is 0.360. The second-order valence-corrected chi connectivity index (χ2v) is 12.2. The molecule has 3 heteroatoms. The van der Waals surface area contributed by atoms with Crippen molar-refractivity contribution >= 4 is 11.1 Å². The third kappa shape index (κ3) is 2.80. The monoisotopic (exact) mass is 486 g/mol. The Morgan fingerprint density at radius 3 is 1.36 bits per heavy atom. The molecule has 5 rings (SSSR count). The summed E-state index contributed by atoms with van der Waals surface area (Å²) in [6.07, 6.45) is 1.14. The summed E-state index contributed by atoms with van der Waals surface area (Å²) < 4.78 is 1.52. The van der Waals surface area contributed by atoms with Crippen LogP contribution in [0.25, 0.3) is 11.1 Å². The summed E-state index contributed by atoms with van der Waals surface area (Å²) >= 11 is -0.693. The Morgan fingerprint density at radius 1 is 0.607 bits per heavy atom. The Kier molecular flexibility index (Phi) is 5.97. The van der Waals surface area contributed by atoms with Crippen LogP contribution in [0.5, 0.6) is 0 Å². The molecule has 4 bridgehead atoms. The van der Waals surface area contributed by atoms with Crippen LogP contribution >= 0.6 is 0 Å². The summed E-state index contributed by atoms with van der Waals surface area (Å²) in [7, 11) is 0. The van der Waals surface area contributed by atoms with Crippen LogP contribution in [0, 0.1) is 27.7 Å². The summed E-state index contributed by atoms with van der Waals surface area (Å²) in [6.45, 7) is 14.2. The van der Waals surface area contributed by atoms with Crippen LogP contribution in [0.2, 0.25) is 0 Å². The van der Waals surface area contributed by atoms with Gasteiger partial charge in [0.15, 0.2) is 0 Å². The number of allylic oxidation sites excluding steroid dienone is 4. The molecular formula is C25H26Cl2Zr. The van der Waals surface area contributed by atoms with Crippen molar-refractivity contribution in [3.8, 4) is 0 Å². The number of fused-ring (bicyclic) bond motifs is 8. The fourth-order valence-electron chi connectivity index (χ4n) is 5.60. The topological polar surface area (TPSA) is 0 Å². The smallest absolute Gasteiger partial charge is 1.00 e. The first-order valence-electron chi connectivity index (χ1n) is 9.76. The number of benzene rings is 2. The molecule has 0 nitrogen and oxygen atoms in total. The van der Waals surface area contributed by atoms with Gasteiger partial charge in [-0.2, -0.15) is 0 Å². The van der Waals surface area contributed by atoms with Crippen LogP contribution < -0.4 is 24.8 Å². The summed E-state index contributed by atoms with van der Waals surface area (Å²) in [6, 6.07) is 9.41. The molecule has 3 aliphatic rings. The Balaban J connectivity index is 0.00000112. The van der Waals surface area contributed by atoms with Gasteiger partial charge in [-0.25, -0.2) is 0 Å². The van der Waals surface area contributed by atoms with E-state index in [0.29, 0.717) is 0 Å². The minimum absolute atomic E-state index is 0. The van der Waals surface area contributed by atoms with E-state index in [-0.39, 0.29) is 24.8 Å². The summed E-state index contributed by atoms with van der Waals surface area (Å²) in [5.41, 5.74) is 19.4. The second kappa shape index (κ2) is 7.57. The molecule has 28 heavy (non-hydrogen) atoms. The quantitative estimate of drug-likeness (QED) is 0.514. The third-order valence-corrected chi connectivity index (χ3v) is 12.2. The number of rotatable bonds is 0. The van der Waals surface area contributed by atoms with Crippen LogP contribution in [0.1, 0.15) is 72.0 Å². The largest absolute Gasteiger partial charge is 1.00 e. The van der Waals surface area contributed by atoms with Gasteiger partial charge in [-0.05, 0) is 0 Å². The molecule has 2 aromatic rings. The Bertz CT molecular complexity index is 975. The van der Waals surface area contributed by atoms with Gasteiger partial charge in [-0.15, -0.1) is 0 Å². The van der Waals surface area contributed by atoms with Gasteiger partial charge in [-0.1, -0.05) is 0 Å². The normalized spacial score (nSPS) is 20.9. The first kappa shape index (κ1) is 22.1. The van der Waals surface area contributed by atoms with Gasteiger partial charge in [0, 0.05) is 0 Å². The summed E-state index contributed by atoms with van der Waals surface area (Å²) in [4.78, 5) is 0. The van der Waals surface area contributed by atoms with E-state index in [1.807, 2.05) is 0 Å². The average Bonchev–Trinajstić information content (AvgIpc) is 3.07. The first-order chi connectivity index (χ1) is 12.4. The minimum atomic E-state index is -0.693. The van der Waals surface area contributed by atoms with Crippen LogP contribution in [0.3, 0.4) is 0 Å². The van der Waals surface area contributed by atoms with Crippen molar-refractivity contribution in [1.29, 1.82) is 0 Å². The van der Waals surface area contributed by atoms with Gasteiger partial charge in [0.05, 0.1) is 0 Å². The van der Waals surface area contributed by atoms with E-state index in [1.165, 1.54) is 22.3 Å². The molecule has 0 fully saturated rings. The number of aryl methyl sites for hydroxylation is 4. The van der Waals surface area contributed by atoms with Gasteiger partial charge in [0.2, 0.25) is 0 Å². The van der Waals surface area contributed by atoms with Gasteiger partial charge >= 0.3 is 170 Å². The molecule has 2 aliphatic carbocycles. The van der Waals surface area contributed by atoms with E-state index in [2.05, 4.69) is 65.8 Å². The van der Waals surface area contributed by atoms with Gasteiger partial charge in [-0.3, -0.25) is 0 Å². The third-order valence-electron chi connectivity index (χ3n) is 7.03. The van der Waals surface area contributed by atoms with E-state index in [9.17, 15) is 0 Å². The van der Waals surface area contributed by atoms with Crippen LogP contribution in [0.4, 0.5) is 0 Å². The van der Waals surface area contributed by atoms with Gasteiger partial charge in [0.25, 0.3) is 0 Å². The van der Waals surface area contributed by atoms with Crippen molar-refractivity contribution in [1.82, 2.24) is 0 Å². The van der Waals surface area contributed by atoms with Crippen LogP contribution in [0.15, 0.2) is 35.4 Å². The zero-order valence-electron chi connectivity index (χ0n) is 17.4. The van der Waals surface area contributed by atoms with Crippen molar-refractivity contribution in [3.63, 3.8) is 0 Å². The minimum Gasteiger partial charge on any atom is -1.00 e. The van der Waals surface area contributed by atoms with E-state index in [4.69, 9.17) is 0 Å². The maximum Gasteiger partial charge on any atom is -1.00 e. The van der Waals surface area contributed by atoms with E-state index < -0.39 is 23.2 Å². The van der Waals surface area contributed by atoms with Crippen molar-refractivity contribution in [2.45, 2.75) is 55.2 Å². The molecular weight excluding hydrogens is 462 g/mol. The van der Waals surface area contributed by atoms with E-state index in [0.717, 1.165) is 13.7 Å². The maximum absolute atomic E-state index is 2.45. The first-order valence-corrected chi connectivity index (χ1v) is 12.6. The molecule has 0 radical (unpaired) electrons. The second-order valence-electron chi connectivity index (χ2n) is 8.51. The molecule has 0 N–H and O–H groups in total. The average molecular weight is 489 g/mol. The maximum atomic E-state index is 2.45. The zero-order valence-corrected chi connectivity index (χ0v) is 21.4. The zero-order chi connectivity index (χ0) is 18.3. The molecule has 2 unspecified atom stereocenters.